The lowest BCUT2D eigenvalue weighted by Gasteiger charge is -2.73. The Balaban J connectivity index is 0.000000709. The van der Waals surface area contributed by atoms with E-state index in [1.165, 1.54) is 68.9 Å². The van der Waals surface area contributed by atoms with Crippen LogP contribution in [0.3, 0.4) is 0 Å². The first kappa shape index (κ1) is 28.4. The monoisotopic (exact) mass is 498 g/mol. The second-order valence-corrected chi connectivity index (χ2v) is 15.8. The normalized spacial score (nSPS) is 50.9. The van der Waals surface area contributed by atoms with Crippen molar-refractivity contribution in [1.82, 2.24) is 0 Å². The van der Waals surface area contributed by atoms with E-state index in [0.717, 1.165) is 18.3 Å². The van der Waals surface area contributed by atoms with Crippen LogP contribution in [-0.2, 0) is 0 Å². The topological polar surface area (TPSA) is 40.5 Å². The van der Waals surface area contributed by atoms with Gasteiger partial charge in [0.15, 0.2) is 0 Å². The van der Waals surface area contributed by atoms with E-state index in [2.05, 4.69) is 54.7 Å². The quantitative estimate of drug-likeness (QED) is 0.374. The molecule has 0 amide bonds. The smallest absolute Gasteiger partial charge is 0.0594 e. The van der Waals surface area contributed by atoms with Gasteiger partial charge in [-0.25, -0.2) is 0 Å². The van der Waals surface area contributed by atoms with Crippen LogP contribution in [0.1, 0.15) is 120 Å². The van der Waals surface area contributed by atoms with Gasteiger partial charge in [0.2, 0.25) is 0 Å². The van der Waals surface area contributed by atoms with Gasteiger partial charge in [0.1, 0.15) is 0 Å². The summed E-state index contributed by atoms with van der Waals surface area (Å²) in [4.78, 5) is 0. The Morgan fingerprint density at radius 1 is 0.750 bits per heavy atom. The minimum Gasteiger partial charge on any atom is -0.396 e. The maximum Gasteiger partial charge on any atom is 0.0594 e. The molecular formula is C34H58O2. The van der Waals surface area contributed by atoms with Crippen molar-refractivity contribution in [3.63, 3.8) is 0 Å². The number of aliphatic hydroxyl groups is 2. The van der Waals surface area contributed by atoms with Crippen molar-refractivity contribution >= 4 is 0 Å². The van der Waals surface area contributed by atoms with Gasteiger partial charge >= 0.3 is 0 Å². The van der Waals surface area contributed by atoms with Crippen molar-refractivity contribution in [1.29, 1.82) is 0 Å². The lowest BCUT2D eigenvalue weighted by Crippen LogP contribution is -2.66. The summed E-state index contributed by atoms with van der Waals surface area (Å²) in [6, 6.07) is 0. The fourth-order valence-corrected chi connectivity index (χ4v) is 11.5. The van der Waals surface area contributed by atoms with E-state index >= 15 is 0 Å². The van der Waals surface area contributed by atoms with Crippen molar-refractivity contribution in [2.24, 2.45) is 56.7 Å². The largest absolute Gasteiger partial charge is 0.396 e. The van der Waals surface area contributed by atoms with Crippen LogP contribution in [-0.4, -0.2) is 22.9 Å². The van der Waals surface area contributed by atoms with E-state index in [1.807, 2.05) is 13.8 Å². The molecule has 0 radical (unpaired) electrons. The molecule has 2 nitrogen and oxygen atoms in total. The Hall–Kier alpha value is -0.600. The van der Waals surface area contributed by atoms with E-state index in [4.69, 9.17) is 0 Å². The molecule has 2 N–H and O–H groups in total. The highest BCUT2D eigenvalue weighted by molar-refractivity contribution is 5.21. The van der Waals surface area contributed by atoms with Crippen LogP contribution in [0.15, 0.2) is 24.3 Å². The molecule has 5 fully saturated rings. The van der Waals surface area contributed by atoms with Gasteiger partial charge < -0.3 is 10.2 Å². The zero-order chi connectivity index (χ0) is 26.9. The van der Waals surface area contributed by atoms with E-state index in [9.17, 15) is 10.2 Å². The Kier molecular flexibility index (Phi) is 7.30. The Labute approximate surface area is 223 Å². The second-order valence-electron chi connectivity index (χ2n) is 15.8. The molecule has 36 heavy (non-hydrogen) atoms. The lowest BCUT2D eigenvalue weighted by molar-refractivity contribution is -0.249. The third-order valence-corrected chi connectivity index (χ3v) is 13.5. The molecule has 0 aromatic rings. The van der Waals surface area contributed by atoms with Crippen molar-refractivity contribution in [3.05, 3.63) is 24.3 Å². The average Bonchev–Trinajstić information content (AvgIpc) is 3.17. The van der Waals surface area contributed by atoms with Gasteiger partial charge in [0, 0.05) is 6.61 Å². The number of aliphatic hydroxyl groups excluding tert-OH is 2. The van der Waals surface area contributed by atoms with Gasteiger partial charge in [-0.2, -0.15) is 0 Å². The second kappa shape index (κ2) is 9.25. The van der Waals surface area contributed by atoms with E-state index < -0.39 is 0 Å². The third kappa shape index (κ3) is 3.85. The summed E-state index contributed by atoms with van der Waals surface area (Å²) >= 11 is 0. The summed E-state index contributed by atoms with van der Waals surface area (Å²) in [5, 5.41) is 21.5. The lowest BCUT2D eigenvalue weighted by atomic mass is 9.32. The molecule has 0 saturated heterocycles. The molecular weight excluding hydrogens is 440 g/mol. The molecule has 2 heteroatoms. The first-order valence-electron chi connectivity index (χ1n) is 15.2. The number of allylic oxidation sites excluding steroid dienone is 2. The molecule has 10 atom stereocenters. The highest BCUT2D eigenvalue weighted by Crippen LogP contribution is 2.77. The maximum absolute atomic E-state index is 10.9. The van der Waals surface area contributed by atoms with Gasteiger partial charge in [0.05, 0.1) is 6.10 Å². The molecule has 5 rings (SSSR count). The first-order chi connectivity index (χ1) is 16.6. The van der Waals surface area contributed by atoms with Gasteiger partial charge in [0.25, 0.3) is 0 Å². The molecule has 5 aliphatic rings. The Bertz CT molecular complexity index is 868. The fourth-order valence-electron chi connectivity index (χ4n) is 11.5. The molecule has 5 saturated carbocycles. The van der Waals surface area contributed by atoms with Crippen molar-refractivity contribution in [2.45, 2.75) is 126 Å². The number of hydrogen-bond acceptors (Lipinski definition) is 2. The highest BCUT2D eigenvalue weighted by atomic mass is 16.3. The van der Waals surface area contributed by atoms with Crippen molar-refractivity contribution in [2.75, 3.05) is 6.61 Å². The average molecular weight is 499 g/mol. The zero-order valence-corrected chi connectivity index (χ0v) is 25.1. The molecule has 5 aliphatic carbocycles. The van der Waals surface area contributed by atoms with Crippen LogP contribution in [0.4, 0.5) is 0 Å². The van der Waals surface area contributed by atoms with Crippen LogP contribution in [0, 0.1) is 56.7 Å². The summed E-state index contributed by atoms with van der Waals surface area (Å²) in [5.41, 5.74) is 3.77. The molecule has 0 aliphatic heterocycles. The summed E-state index contributed by atoms with van der Waals surface area (Å²) in [5.74, 6) is 3.33. The predicted octanol–water partition coefficient (Wildman–Crippen LogP) is 8.58. The van der Waals surface area contributed by atoms with Crippen molar-refractivity contribution < 1.29 is 10.2 Å². The minimum atomic E-state index is -0.147. The van der Waals surface area contributed by atoms with E-state index in [0.29, 0.717) is 40.6 Å². The van der Waals surface area contributed by atoms with Gasteiger partial charge in [-0.3, -0.25) is 0 Å². The summed E-state index contributed by atoms with van der Waals surface area (Å²) in [6.07, 6.45) is 12.2. The van der Waals surface area contributed by atoms with Gasteiger partial charge in [-0.05, 0) is 142 Å². The maximum atomic E-state index is 10.9. The third-order valence-electron chi connectivity index (χ3n) is 13.5. The molecule has 0 bridgehead atoms. The minimum absolute atomic E-state index is 0.0290. The van der Waals surface area contributed by atoms with E-state index in [-0.39, 0.29) is 16.9 Å². The van der Waals surface area contributed by atoms with Crippen LogP contribution >= 0.6 is 0 Å². The highest BCUT2D eigenvalue weighted by Gasteiger charge is 2.70. The van der Waals surface area contributed by atoms with Crippen LogP contribution in [0.5, 0.6) is 0 Å². The summed E-state index contributed by atoms with van der Waals surface area (Å²) in [6.45, 7) is 27.2. The Morgan fingerprint density at radius 3 is 1.97 bits per heavy atom. The van der Waals surface area contributed by atoms with E-state index in [1.54, 1.807) is 0 Å². The first-order valence-corrected chi connectivity index (χ1v) is 15.2. The fraction of sp³-hybridized carbons (Fsp3) is 0.882. The van der Waals surface area contributed by atoms with Crippen molar-refractivity contribution in [3.8, 4) is 0 Å². The van der Waals surface area contributed by atoms with Crippen LogP contribution in [0.25, 0.3) is 0 Å². The number of rotatable bonds is 2. The predicted molar refractivity (Wildman–Crippen MR) is 153 cm³/mol. The number of fused-ring (bicyclic) bond motifs is 7. The molecule has 0 heterocycles. The number of hydrogen-bond donors (Lipinski definition) is 2. The Morgan fingerprint density at radius 2 is 1.39 bits per heavy atom. The van der Waals surface area contributed by atoms with Crippen LogP contribution < -0.4 is 0 Å². The SMILES string of the molecule is C=C(C)C.C=C(C)[C@@H]1CC[C@]2(CO)CC[C@]3(C)[C@H](CC[C@@H]4[C@@]5(C)CC[C@H](O)C(C)(C)[C@@H]5CC[C@]43C)[C@@H]12. The molecule has 206 valence electrons. The molecule has 0 aromatic heterocycles. The van der Waals surface area contributed by atoms with Gasteiger partial charge in [-0.1, -0.05) is 52.3 Å². The molecule has 0 spiro atoms. The standard InChI is InChI=1S/C30H50O2.C4H8/c1-19(2)20-10-15-30(18-31)17-16-28(6)21(25(20)30)8-9-23-27(5)13-12-24(32)26(3,4)22(27)11-14-29(23,28)7;1-4(2)3/h20-25,31-32H,1,8-18H2,2-7H3;1H2,2-3H3/t20-,21+,22-,23+,24-,25+,27-,28+,29+,30+;/m0./s1. The van der Waals surface area contributed by atoms with Gasteiger partial charge in [-0.15, -0.1) is 6.58 Å². The molecule has 0 aromatic carbocycles. The van der Waals surface area contributed by atoms with Crippen LogP contribution in [0.2, 0.25) is 0 Å². The summed E-state index contributed by atoms with van der Waals surface area (Å²) in [7, 11) is 0. The molecule has 0 unspecified atom stereocenters. The summed E-state index contributed by atoms with van der Waals surface area (Å²) < 4.78 is 0. The zero-order valence-electron chi connectivity index (χ0n) is 25.1.